The average Bonchev–Trinajstić information content (AvgIpc) is 2.87. The van der Waals surface area contributed by atoms with Crippen molar-refractivity contribution in [2.45, 2.75) is 39.3 Å². The number of rotatable bonds is 9. The topological polar surface area (TPSA) is 58.1 Å². The van der Waals surface area contributed by atoms with Crippen molar-refractivity contribution >= 4 is 22.6 Å². The predicted octanol–water partition coefficient (Wildman–Crippen LogP) is 5.75. The Morgan fingerprint density at radius 1 is 0.971 bits per heavy atom. The quantitative estimate of drug-likeness (QED) is 0.349. The molecule has 4 aromatic rings. The summed E-state index contributed by atoms with van der Waals surface area (Å²) in [5, 5.41) is 3.95. The molecule has 6 heteroatoms. The highest BCUT2D eigenvalue weighted by atomic mass is 19.1. The van der Waals surface area contributed by atoms with Gasteiger partial charge < -0.3 is 10.2 Å². The second-order valence-electron chi connectivity index (χ2n) is 8.43. The molecular formula is C28H29FN4O. The highest BCUT2D eigenvalue weighted by Crippen LogP contribution is 2.29. The van der Waals surface area contributed by atoms with Gasteiger partial charge in [-0.3, -0.25) is 4.79 Å². The molecular weight excluding hydrogens is 427 g/mol. The fourth-order valence-corrected chi connectivity index (χ4v) is 3.78. The third-order valence-corrected chi connectivity index (χ3v) is 5.83. The number of nitrogens with one attached hydrogen (secondary N) is 1. The minimum Gasteiger partial charge on any atom is -0.354 e. The highest BCUT2D eigenvalue weighted by molar-refractivity contribution is 5.91. The molecule has 0 radical (unpaired) electrons. The highest BCUT2D eigenvalue weighted by Gasteiger charge is 2.18. The van der Waals surface area contributed by atoms with E-state index in [9.17, 15) is 9.18 Å². The summed E-state index contributed by atoms with van der Waals surface area (Å²) in [4.78, 5) is 24.4. The third kappa shape index (κ3) is 5.76. The van der Waals surface area contributed by atoms with Gasteiger partial charge in [0.2, 0.25) is 5.91 Å². The van der Waals surface area contributed by atoms with E-state index in [2.05, 4.69) is 29.3 Å². The van der Waals surface area contributed by atoms with Crippen LogP contribution in [0, 0.1) is 5.82 Å². The van der Waals surface area contributed by atoms with E-state index in [1.807, 2.05) is 49.4 Å². The Balaban J connectivity index is 1.74. The Labute approximate surface area is 199 Å². The van der Waals surface area contributed by atoms with Gasteiger partial charge in [0.05, 0.1) is 5.52 Å². The zero-order valence-corrected chi connectivity index (χ0v) is 19.5. The van der Waals surface area contributed by atoms with E-state index >= 15 is 0 Å². The number of carbonyl (C=O) groups excluding carboxylic acids is 1. The summed E-state index contributed by atoms with van der Waals surface area (Å²) in [6.07, 6.45) is 1.23. The minimum absolute atomic E-state index is 0.0181. The maximum Gasteiger partial charge on any atom is 0.221 e. The lowest BCUT2D eigenvalue weighted by atomic mass is 10.1. The first-order chi connectivity index (χ1) is 16.5. The number of hydrogen-bond donors (Lipinski definition) is 1. The number of aromatic nitrogens is 2. The van der Waals surface area contributed by atoms with E-state index in [0.717, 1.165) is 34.3 Å². The second-order valence-corrected chi connectivity index (χ2v) is 8.43. The van der Waals surface area contributed by atoms with Gasteiger partial charge in [-0.15, -0.1) is 0 Å². The smallest absolute Gasteiger partial charge is 0.221 e. The number of fused-ring (bicyclic) bond motifs is 1. The fraction of sp³-hybridized carbons (Fsp3) is 0.250. The molecule has 5 nitrogen and oxygen atoms in total. The molecule has 0 spiro atoms. The van der Waals surface area contributed by atoms with Crippen LogP contribution in [0.1, 0.15) is 32.3 Å². The molecule has 1 atom stereocenters. The number of para-hydroxylation sites is 1. The van der Waals surface area contributed by atoms with E-state index in [1.165, 1.54) is 12.1 Å². The number of halogens is 1. The SMILES string of the molecule is CCC(C)NC(=O)CCN(Cc1ccccc1)c1nc(-c2ccc(F)cc2)nc2ccccc12. The maximum absolute atomic E-state index is 13.5. The van der Waals surface area contributed by atoms with Crippen LogP contribution >= 0.6 is 0 Å². The average molecular weight is 457 g/mol. The van der Waals surface area contributed by atoms with Crippen molar-refractivity contribution < 1.29 is 9.18 Å². The molecule has 0 fully saturated rings. The Kier molecular flexibility index (Phi) is 7.48. The zero-order chi connectivity index (χ0) is 23.9. The lowest BCUT2D eigenvalue weighted by molar-refractivity contribution is -0.121. The first kappa shape index (κ1) is 23.4. The van der Waals surface area contributed by atoms with Crippen LogP contribution in [-0.2, 0) is 11.3 Å². The molecule has 3 aromatic carbocycles. The van der Waals surface area contributed by atoms with E-state index in [-0.39, 0.29) is 17.8 Å². The standard InChI is InChI=1S/C28H29FN4O/c1-3-20(2)30-26(34)17-18-33(19-21-9-5-4-6-10-21)28-24-11-7-8-12-25(24)31-27(32-28)22-13-15-23(29)16-14-22/h4-16,20H,3,17-19H2,1-2H3,(H,30,34). The van der Waals surface area contributed by atoms with Crippen LogP contribution in [0.5, 0.6) is 0 Å². The Morgan fingerprint density at radius 3 is 2.41 bits per heavy atom. The first-order valence-electron chi connectivity index (χ1n) is 11.6. The van der Waals surface area contributed by atoms with E-state index in [4.69, 9.17) is 9.97 Å². The monoisotopic (exact) mass is 456 g/mol. The van der Waals surface area contributed by atoms with Crippen molar-refractivity contribution in [1.29, 1.82) is 0 Å². The van der Waals surface area contributed by atoms with Gasteiger partial charge in [0, 0.05) is 36.5 Å². The molecule has 0 aliphatic carbocycles. The van der Waals surface area contributed by atoms with E-state index in [0.29, 0.717) is 25.3 Å². The van der Waals surface area contributed by atoms with E-state index < -0.39 is 0 Å². The maximum atomic E-state index is 13.5. The molecule has 0 saturated heterocycles. The van der Waals surface area contributed by atoms with Crippen LogP contribution in [0.3, 0.4) is 0 Å². The summed E-state index contributed by atoms with van der Waals surface area (Å²) >= 11 is 0. The summed E-state index contributed by atoms with van der Waals surface area (Å²) < 4.78 is 13.5. The second kappa shape index (κ2) is 10.9. The summed E-state index contributed by atoms with van der Waals surface area (Å²) in [7, 11) is 0. The van der Waals surface area contributed by atoms with Crippen LogP contribution in [-0.4, -0.2) is 28.5 Å². The molecule has 1 heterocycles. The summed E-state index contributed by atoms with van der Waals surface area (Å²) in [6, 6.07) is 24.3. The number of carbonyl (C=O) groups is 1. The number of amides is 1. The van der Waals surface area contributed by atoms with Crippen molar-refractivity contribution in [1.82, 2.24) is 15.3 Å². The molecule has 0 aliphatic rings. The van der Waals surface area contributed by atoms with Crippen molar-refractivity contribution in [3.63, 3.8) is 0 Å². The van der Waals surface area contributed by atoms with Crippen LogP contribution in [0.4, 0.5) is 10.2 Å². The van der Waals surface area contributed by atoms with Crippen molar-refractivity contribution in [2.75, 3.05) is 11.4 Å². The van der Waals surface area contributed by atoms with Crippen molar-refractivity contribution in [2.24, 2.45) is 0 Å². The number of anilines is 1. The molecule has 34 heavy (non-hydrogen) atoms. The van der Waals surface area contributed by atoms with Crippen LogP contribution in [0.15, 0.2) is 78.9 Å². The molecule has 1 aromatic heterocycles. The van der Waals surface area contributed by atoms with Crippen LogP contribution in [0.25, 0.3) is 22.3 Å². The van der Waals surface area contributed by atoms with Gasteiger partial charge in [-0.1, -0.05) is 49.4 Å². The minimum atomic E-state index is -0.303. The molecule has 1 N–H and O–H groups in total. The summed E-state index contributed by atoms with van der Waals surface area (Å²) in [5.74, 6) is 0.994. The van der Waals surface area contributed by atoms with Gasteiger partial charge in [0.25, 0.3) is 0 Å². The van der Waals surface area contributed by atoms with Crippen molar-refractivity contribution in [3.05, 3.63) is 90.2 Å². The van der Waals surface area contributed by atoms with Gasteiger partial charge in [0.15, 0.2) is 5.82 Å². The number of benzene rings is 3. The lowest BCUT2D eigenvalue weighted by Gasteiger charge is -2.26. The lowest BCUT2D eigenvalue weighted by Crippen LogP contribution is -2.35. The van der Waals surface area contributed by atoms with Gasteiger partial charge in [0.1, 0.15) is 11.6 Å². The number of nitrogens with zero attached hydrogens (tertiary/aromatic N) is 3. The Hall–Kier alpha value is -3.80. The Morgan fingerprint density at radius 2 is 1.68 bits per heavy atom. The molecule has 0 bridgehead atoms. The molecule has 174 valence electrons. The van der Waals surface area contributed by atoms with Gasteiger partial charge in [-0.05, 0) is 55.3 Å². The fourth-order valence-electron chi connectivity index (χ4n) is 3.78. The van der Waals surface area contributed by atoms with Crippen LogP contribution < -0.4 is 10.2 Å². The zero-order valence-electron chi connectivity index (χ0n) is 19.5. The number of hydrogen-bond acceptors (Lipinski definition) is 4. The molecule has 1 amide bonds. The summed E-state index contributed by atoms with van der Waals surface area (Å²) in [6.45, 7) is 5.16. The third-order valence-electron chi connectivity index (χ3n) is 5.83. The summed E-state index contributed by atoms with van der Waals surface area (Å²) in [5.41, 5.74) is 2.66. The van der Waals surface area contributed by atoms with Crippen molar-refractivity contribution in [3.8, 4) is 11.4 Å². The first-order valence-corrected chi connectivity index (χ1v) is 11.6. The predicted molar refractivity (Wildman–Crippen MR) is 135 cm³/mol. The molecule has 0 saturated carbocycles. The normalized spacial score (nSPS) is 11.9. The molecule has 0 aliphatic heterocycles. The van der Waals surface area contributed by atoms with Crippen LogP contribution in [0.2, 0.25) is 0 Å². The van der Waals surface area contributed by atoms with E-state index in [1.54, 1.807) is 12.1 Å². The molecule has 4 rings (SSSR count). The van der Waals surface area contributed by atoms with Gasteiger partial charge >= 0.3 is 0 Å². The van der Waals surface area contributed by atoms with Gasteiger partial charge in [-0.25, -0.2) is 14.4 Å². The largest absolute Gasteiger partial charge is 0.354 e. The Bertz CT molecular complexity index is 1240. The van der Waals surface area contributed by atoms with Gasteiger partial charge in [-0.2, -0.15) is 0 Å². The molecule has 1 unspecified atom stereocenters.